The number of morpholine rings is 1. The normalized spacial score (nSPS) is 19.0. The average molecular weight is 474 g/mol. The fourth-order valence-corrected chi connectivity index (χ4v) is 4.35. The summed E-state index contributed by atoms with van der Waals surface area (Å²) in [6.07, 6.45) is 1.42. The molecule has 1 aromatic carbocycles. The molecule has 5 rings (SSSR count). The number of benzene rings is 1. The van der Waals surface area contributed by atoms with Crippen molar-refractivity contribution in [1.82, 2.24) is 19.8 Å². The molecule has 3 aromatic rings. The van der Waals surface area contributed by atoms with Crippen LogP contribution < -0.4 is 9.64 Å². The molecule has 0 N–H and O–H groups in total. The molecule has 8 heteroatoms. The summed E-state index contributed by atoms with van der Waals surface area (Å²) in [5.74, 6) is 2.08. The molecular formula is C27H31N5O3. The van der Waals surface area contributed by atoms with Crippen LogP contribution in [0.5, 0.6) is 11.6 Å². The molecule has 8 nitrogen and oxygen atoms in total. The van der Waals surface area contributed by atoms with E-state index < -0.39 is 0 Å². The molecule has 0 saturated carbocycles. The molecule has 0 radical (unpaired) electrons. The van der Waals surface area contributed by atoms with E-state index in [9.17, 15) is 4.79 Å². The zero-order valence-electron chi connectivity index (χ0n) is 20.3. The molecule has 0 bridgehead atoms. The first-order valence-corrected chi connectivity index (χ1v) is 12.1. The molecule has 2 fully saturated rings. The zero-order valence-corrected chi connectivity index (χ0v) is 20.3. The average Bonchev–Trinajstić information content (AvgIpc) is 2.90. The number of aromatic nitrogens is 2. The maximum atomic E-state index is 13.4. The molecule has 182 valence electrons. The Morgan fingerprint density at radius 2 is 1.83 bits per heavy atom. The van der Waals surface area contributed by atoms with Gasteiger partial charge in [0.15, 0.2) is 0 Å². The van der Waals surface area contributed by atoms with E-state index in [0.29, 0.717) is 31.1 Å². The molecule has 2 aliphatic heterocycles. The maximum Gasteiger partial charge on any atom is 0.254 e. The summed E-state index contributed by atoms with van der Waals surface area (Å²) >= 11 is 0. The summed E-state index contributed by atoms with van der Waals surface area (Å²) in [4.78, 5) is 28.9. The second kappa shape index (κ2) is 10.4. The van der Waals surface area contributed by atoms with Crippen LogP contribution in [0, 0.1) is 6.92 Å². The van der Waals surface area contributed by atoms with E-state index in [1.807, 2.05) is 60.4 Å². The Bertz CT molecular complexity index is 1160. The number of carbonyl (C=O) groups is 1. The molecular weight excluding hydrogens is 442 g/mol. The van der Waals surface area contributed by atoms with Gasteiger partial charge in [-0.3, -0.25) is 4.79 Å². The predicted octanol–water partition coefficient (Wildman–Crippen LogP) is 3.54. The lowest BCUT2D eigenvalue weighted by Crippen LogP contribution is -2.45. The number of likely N-dealkylation sites (N-methyl/N-ethyl adjacent to an activating group) is 1. The van der Waals surface area contributed by atoms with Crippen LogP contribution in [0.25, 0.3) is 0 Å². The number of anilines is 1. The highest BCUT2D eigenvalue weighted by Gasteiger charge is 2.28. The highest BCUT2D eigenvalue weighted by molar-refractivity contribution is 5.95. The number of rotatable bonds is 5. The lowest BCUT2D eigenvalue weighted by molar-refractivity contribution is -0.0248. The number of ether oxygens (including phenoxy) is 2. The zero-order chi connectivity index (χ0) is 24.2. The smallest absolute Gasteiger partial charge is 0.254 e. The van der Waals surface area contributed by atoms with Gasteiger partial charge in [0.25, 0.3) is 5.91 Å². The summed E-state index contributed by atoms with van der Waals surface area (Å²) in [7, 11) is 2.12. The number of carbonyl (C=O) groups excluding carboxylic acids is 1. The van der Waals surface area contributed by atoms with Gasteiger partial charge in [-0.1, -0.05) is 23.8 Å². The third-order valence-electron chi connectivity index (χ3n) is 6.49. The Kier molecular flexibility index (Phi) is 6.92. The molecule has 35 heavy (non-hydrogen) atoms. The monoisotopic (exact) mass is 473 g/mol. The topological polar surface area (TPSA) is 71.0 Å². The van der Waals surface area contributed by atoms with Crippen LogP contribution in [0.2, 0.25) is 0 Å². The number of amides is 1. The number of pyridine rings is 2. The van der Waals surface area contributed by atoms with Gasteiger partial charge < -0.3 is 24.2 Å². The lowest BCUT2D eigenvalue weighted by atomic mass is 10.1. The van der Waals surface area contributed by atoms with Crippen molar-refractivity contribution in [2.75, 3.05) is 57.8 Å². The van der Waals surface area contributed by atoms with Gasteiger partial charge in [-0.25, -0.2) is 9.97 Å². The van der Waals surface area contributed by atoms with Crippen LogP contribution in [0.15, 0.2) is 60.8 Å². The Balaban J connectivity index is 1.26. The number of aryl methyl sites for hydroxylation is 1. The second-order valence-corrected chi connectivity index (χ2v) is 9.12. The summed E-state index contributed by atoms with van der Waals surface area (Å²) in [6, 6.07) is 17.2. The summed E-state index contributed by atoms with van der Waals surface area (Å²) in [5, 5.41) is 0. The summed E-state index contributed by atoms with van der Waals surface area (Å²) < 4.78 is 11.9. The third kappa shape index (κ3) is 5.61. The first kappa shape index (κ1) is 23.3. The molecule has 2 aliphatic rings. The van der Waals surface area contributed by atoms with E-state index in [1.54, 1.807) is 12.3 Å². The van der Waals surface area contributed by atoms with E-state index in [2.05, 4.69) is 26.8 Å². The van der Waals surface area contributed by atoms with Crippen molar-refractivity contribution in [3.8, 4) is 11.6 Å². The standard InChI is InChI=1S/C27H31N5O3/c1-20-6-8-22(9-7-20)35-26-5-3-4-23(29-26)24-19-32(16-17-34-24)27(33)21-10-11-28-25(18-21)31-14-12-30(2)13-15-31/h3-11,18,24H,12-17,19H2,1-2H3/t24-/m1/s1. The highest BCUT2D eigenvalue weighted by atomic mass is 16.5. The van der Waals surface area contributed by atoms with Crippen molar-refractivity contribution in [3.05, 3.63) is 77.6 Å². The van der Waals surface area contributed by atoms with Gasteiger partial charge >= 0.3 is 0 Å². The number of nitrogens with zero attached hydrogens (tertiary/aromatic N) is 5. The largest absolute Gasteiger partial charge is 0.439 e. The van der Waals surface area contributed by atoms with Crippen LogP contribution >= 0.6 is 0 Å². The van der Waals surface area contributed by atoms with E-state index in [4.69, 9.17) is 9.47 Å². The van der Waals surface area contributed by atoms with Gasteiger partial charge in [0, 0.05) is 50.6 Å². The third-order valence-corrected chi connectivity index (χ3v) is 6.49. The van der Waals surface area contributed by atoms with Crippen molar-refractivity contribution in [2.24, 2.45) is 0 Å². The Morgan fingerprint density at radius 3 is 2.63 bits per heavy atom. The minimum atomic E-state index is -0.312. The number of hydrogen-bond donors (Lipinski definition) is 0. The molecule has 0 unspecified atom stereocenters. The molecule has 4 heterocycles. The first-order valence-electron chi connectivity index (χ1n) is 12.1. The van der Waals surface area contributed by atoms with E-state index in [1.165, 1.54) is 5.56 Å². The van der Waals surface area contributed by atoms with Gasteiger partial charge in [0.1, 0.15) is 17.7 Å². The van der Waals surface area contributed by atoms with Gasteiger partial charge in [0.05, 0.1) is 18.8 Å². The summed E-state index contributed by atoms with van der Waals surface area (Å²) in [5.41, 5.74) is 2.57. The SMILES string of the molecule is Cc1ccc(Oc2cccc([C@H]3CN(C(=O)c4ccnc(N5CCN(C)CC5)c4)CCO3)n2)cc1. The van der Waals surface area contributed by atoms with Crippen molar-refractivity contribution in [2.45, 2.75) is 13.0 Å². The van der Waals surface area contributed by atoms with Gasteiger partial charge in [0.2, 0.25) is 5.88 Å². The Labute approximate surface area is 206 Å². The first-order chi connectivity index (χ1) is 17.0. The molecule has 2 saturated heterocycles. The molecule has 1 amide bonds. The van der Waals surface area contributed by atoms with Crippen LogP contribution in [-0.4, -0.2) is 78.6 Å². The van der Waals surface area contributed by atoms with Gasteiger partial charge in [-0.2, -0.15) is 0 Å². The quantitative estimate of drug-likeness (QED) is 0.561. The number of hydrogen-bond acceptors (Lipinski definition) is 7. The van der Waals surface area contributed by atoms with Gasteiger partial charge in [-0.15, -0.1) is 0 Å². The second-order valence-electron chi connectivity index (χ2n) is 9.12. The van der Waals surface area contributed by atoms with Crippen LogP contribution in [-0.2, 0) is 4.74 Å². The minimum Gasteiger partial charge on any atom is -0.439 e. The maximum absolute atomic E-state index is 13.4. The van der Waals surface area contributed by atoms with Crippen LogP contribution in [0.4, 0.5) is 5.82 Å². The predicted molar refractivity (Wildman–Crippen MR) is 134 cm³/mol. The van der Waals surface area contributed by atoms with E-state index in [-0.39, 0.29) is 12.0 Å². The van der Waals surface area contributed by atoms with Crippen LogP contribution in [0.1, 0.15) is 27.7 Å². The minimum absolute atomic E-state index is 0.0110. The lowest BCUT2D eigenvalue weighted by Gasteiger charge is -2.34. The van der Waals surface area contributed by atoms with Crippen molar-refractivity contribution >= 4 is 11.7 Å². The van der Waals surface area contributed by atoms with Gasteiger partial charge in [-0.05, 0) is 44.3 Å². The van der Waals surface area contributed by atoms with Crippen molar-refractivity contribution in [1.29, 1.82) is 0 Å². The molecule has 0 spiro atoms. The highest BCUT2D eigenvalue weighted by Crippen LogP contribution is 2.26. The fraction of sp³-hybridized carbons (Fsp3) is 0.370. The summed E-state index contributed by atoms with van der Waals surface area (Å²) in [6.45, 7) is 7.27. The Hall–Kier alpha value is -3.49. The Morgan fingerprint density at radius 1 is 1.03 bits per heavy atom. The molecule has 2 aromatic heterocycles. The van der Waals surface area contributed by atoms with E-state index >= 15 is 0 Å². The van der Waals surface area contributed by atoms with E-state index in [0.717, 1.165) is 43.4 Å². The molecule has 0 aliphatic carbocycles. The fourth-order valence-electron chi connectivity index (χ4n) is 4.35. The van der Waals surface area contributed by atoms with Crippen molar-refractivity contribution in [3.63, 3.8) is 0 Å². The molecule has 1 atom stereocenters. The van der Waals surface area contributed by atoms with Crippen LogP contribution in [0.3, 0.4) is 0 Å². The van der Waals surface area contributed by atoms with Crippen molar-refractivity contribution < 1.29 is 14.3 Å². The number of piperazine rings is 1.